The largest absolute Gasteiger partial charge is 0.347 e. The third-order valence-electron chi connectivity index (χ3n) is 4.56. The van der Waals surface area contributed by atoms with E-state index in [4.69, 9.17) is 28.4 Å². The van der Waals surface area contributed by atoms with E-state index >= 15 is 0 Å². The summed E-state index contributed by atoms with van der Waals surface area (Å²) in [6.45, 7) is 4.58. The molecule has 4 aliphatic rings. The van der Waals surface area contributed by atoms with Crippen LogP contribution in [0.1, 0.15) is 19.4 Å². The molecule has 0 amide bonds. The number of benzene rings is 1. The predicted octanol–water partition coefficient (Wildman–Crippen LogP) is 1.82. The van der Waals surface area contributed by atoms with Crippen molar-refractivity contribution >= 4 is 0 Å². The van der Waals surface area contributed by atoms with Gasteiger partial charge in [-0.2, -0.15) is 0 Å². The van der Waals surface area contributed by atoms with Gasteiger partial charge in [-0.3, -0.25) is 0 Å². The first-order valence-electron chi connectivity index (χ1n) is 7.90. The van der Waals surface area contributed by atoms with E-state index in [1.165, 1.54) is 0 Å². The fraction of sp³-hybridized carbons (Fsp3) is 0.647. The second-order valence-corrected chi connectivity index (χ2v) is 6.56. The average molecular weight is 322 g/mol. The van der Waals surface area contributed by atoms with Crippen LogP contribution in [0, 0.1) is 0 Å². The molecule has 0 radical (unpaired) electrons. The fourth-order valence-electron chi connectivity index (χ4n) is 3.51. The highest BCUT2D eigenvalue weighted by molar-refractivity contribution is 5.14. The van der Waals surface area contributed by atoms with Crippen LogP contribution in [0.3, 0.4) is 0 Å². The van der Waals surface area contributed by atoms with E-state index in [2.05, 4.69) is 0 Å². The lowest BCUT2D eigenvalue weighted by atomic mass is 9.92. The molecule has 0 aromatic heterocycles. The van der Waals surface area contributed by atoms with E-state index in [0.29, 0.717) is 13.2 Å². The van der Waals surface area contributed by atoms with Crippen molar-refractivity contribution in [1.82, 2.24) is 0 Å². The first kappa shape index (κ1) is 15.5. The maximum atomic E-state index is 6.03. The molecule has 1 aromatic carbocycles. The van der Waals surface area contributed by atoms with Gasteiger partial charge < -0.3 is 28.4 Å². The summed E-state index contributed by atoms with van der Waals surface area (Å²) in [4.78, 5) is 0. The van der Waals surface area contributed by atoms with Crippen LogP contribution in [0.2, 0.25) is 0 Å². The summed E-state index contributed by atoms with van der Waals surface area (Å²) in [6.07, 6.45) is -1.48. The van der Waals surface area contributed by atoms with Crippen LogP contribution >= 0.6 is 0 Å². The number of methoxy groups -OCH3 is 1. The SMILES string of the molecule is COC12OCC(OC1OCc1ccccc1)C1OC(C)(C)OC12. The number of ether oxygens (including phenoxy) is 6. The van der Waals surface area contributed by atoms with E-state index < -0.39 is 17.9 Å². The normalized spacial score (nSPS) is 41.0. The predicted molar refractivity (Wildman–Crippen MR) is 79.4 cm³/mol. The van der Waals surface area contributed by atoms with Crippen LogP contribution in [0.25, 0.3) is 0 Å². The van der Waals surface area contributed by atoms with E-state index in [1.807, 2.05) is 44.2 Å². The van der Waals surface area contributed by atoms with Gasteiger partial charge in [0, 0.05) is 7.11 Å². The number of rotatable bonds is 4. The van der Waals surface area contributed by atoms with E-state index in [-0.39, 0.29) is 18.3 Å². The summed E-state index contributed by atoms with van der Waals surface area (Å²) in [5, 5.41) is 0. The van der Waals surface area contributed by atoms with Gasteiger partial charge >= 0.3 is 0 Å². The Morgan fingerprint density at radius 2 is 1.96 bits per heavy atom. The van der Waals surface area contributed by atoms with Gasteiger partial charge in [0.2, 0.25) is 6.29 Å². The second kappa shape index (κ2) is 5.51. The third-order valence-corrected chi connectivity index (χ3v) is 4.56. The quantitative estimate of drug-likeness (QED) is 0.843. The van der Waals surface area contributed by atoms with Crippen LogP contribution in [0.5, 0.6) is 0 Å². The summed E-state index contributed by atoms with van der Waals surface area (Å²) in [6, 6.07) is 9.92. The lowest BCUT2D eigenvalue weighted by molar-refractivity contribution is -0.452. The van der Waals surface area contributed by atoms with Crippen molar-refractivity contribution in [3.8, 4) is 0 Å². The van der Waals surface area contributed by atoms with Crippen LogP contribution in [-0.4, -0.2) is 49.9 Å². The molecule has 1 aromatic rings. The smallest absolute Gasteiger partial charge is 0.250 e. The molecule has 6 heteroatoms. The Kier molecular flexibility index (Phi) is 3.72. The highest BCUT2D eigenvalue weighted by atomic mass is 16.8. The topological polar surface area (TPSA) is 55.4 Å². The zero-order valence-electron chi connectivity index (χ0n) is 13.6. The molecule has 5 atom stereocenters. The van der Waals surface area contributed by atoms with Crippen LogP contribution in [-0.2, 0) is 35.0 Å². The number of hydrogen-bond donors (Lipinski definition) is 0. The maximum Gasteiger partial charge on any atom is 0.250 e. The summed E-state index contributed by atoms with van der Waals surface area (Å²) in [5.74, 6) is -1.80. The van der Waals surface area contributed by atoms with Crippen molar-refractivity contribution in [2.45, 2.75) is 56.6 Å². The highest BCUT2D eigenvalue weighted by Gasteiger charge is 2.68. The van der Waals surface area contributed by atoms with Crippen molar-refractivity contribution in [3.63, 3.8) is 0 Å². The molecule has 0 aliphatic carbocycles. The standard InChI is InChI=1S/C17H22O6/c1-16(2)22-13-12-10-20-17(18-3,14(13)23-16)15(21-12)19-9-11-7-5-4-6-8-11/h4-8,12-15H,9-10H2,1-3H3. The van der Waals surface area contributed by atoms with Crippen molar-refractivity contribution in [3.05, 3.63) is 35.9 Å². The van der Waals surface area contributed by atoms with Crippen molar-refractivity contribution in [2.24, 2.45) is 0 Å². The molecule has 5 rings (SSSR count). The van der Waals surface area contributed by atoms with Gasteiger partial charge in [-0.05, 0) is 19.4 Å². The molecule has 0 spiro atoms. The average Bonchev–Trinajstić information content (AvgIpc) is 2.91. The van der Waals surface area contributed by atoms with Crippen LogP contribution < -0.4 is 0 Å². The Labute approximate surface area is 135 Å². The lowest BCUT2D eigenvalue weighted by Crippen LogP contribution is -2.73. The summed E-state index contributed by atoms with van der Waals surface area (Å²) >= 11 is 0. The van der Waals surface area contributed by atoms with Gasteiger partial charge in [-0.1, -0.05) is 30.3 Å². The van der Waals surface area contributed by atoms with Gasteiger partial charge in [0.05, 0.1) is 13.2 Å². The first-order valence-corrected chi connectivity index (χ1v) is 7.90. The molecule has 5 unspecified atom stereocenters. The zero-order chi connectivity index (χ0) is 16.1. The second-order valence-electron chi connectivity index (χ2n) is 6.56. The lowest BCUT2D eigenvalue weighted by Gasteiger charge is -2.53. The van der Waals surface area contributed by atoms with Crippen molar-refractivity contribution < 1.29 is 28.4 Å². The Balaban J connectivity index is 1.55. The Morgan fingerprint density at radius 1 is 1.17 bits per heavy atom. The molecule has 23 heavy (non-hydrogen) atoms. The Morgan fingerprint density at radius 3 is 2.70 bits per heavy atom. The minimum absolute atomic E-state index is 0.213. The van der Waals surface area contributed by atoms with Gasteiger partial charge in [0.1, 0.15) is 18.3 Å². The monoisotopic (exact) mass is 322 g/mol. The van der Waals surface area contributed by atoms with Gasteiger partial charge in [0.15, 0.2) is 5.79 Å². The summed E-state index contributed by atoms with van der Waals surface area (Å²) in [5.41, 5.74) is 1.06. The molecular weight excluding hydrogens is 300 g/mol. The summed E-state index contributed by atoms with van der Waals surface area (Å²) in [7, 11) is 1.58. The highest BCUT2D eigenvalue weighted by Crippen LogP contribution is 2.48. The number of fused-ring (bicyclic) bond motifs is 2. The molecular formula is C17H22O6. The van der Waals surface area contributed by atoms with Crippen molar-refractivity contribution in [1.29, 1.82) is 0 Å². The van der Waals surface area contributed by atoms with Crippen molar-refractivity contribution in [2.75, 3.05) is 13.7 Å². The summed E-state index contributed by atoms with van der Waals surface area (Å²) < 4.78 is 35.6. The van der Waals surface area contributed by atoms with Gasteiger partial charge in [-0.15, -0.1) is 0 Å². The molecule has 6 nitrogen and oxygen atoms in total. The molecule has 126 valence electrons. The third kappa shape index (κ3) is 2.50. The van der Waals surface area contributed by atoms with Crippen LogP contribution in [0.15, 0.2) is 30.3 Å². The van der Waals surface area contributed by atoms with E-state index in [1.54, 1.807) is 7.11 Å². The Hall–Kier alpha value is -1.02. The van der Waals surface area contributed by atoms with E-state index in [9.17, 15) is 0 Å². The Bertz CT molecular complexity index is 561. The number of hydrogen-bond acceptors (Lipinski definition) is 6. The molecule has 0 N–H and O–H groups in total. The van der Waals surface area contributed by atoms with Crippen LogP contribution in [0.4, 0.5) is 0 Å². The van der Waals surface area contributed by atoms with Gasteiger partial charge in [0.25, 0.3) is 5.79 Å². The maximum absolute atomic E-state index is 6.03. The molecule has 2 bridgehead atoms. The molecule has 0 saturated carbocycles. The minimum atomic E-state index is -1.11. The molecule has 4 aliphatic heterocycles. The van der Waals surface area contributed by atoms with E-state index in [0.717, 1.165) is 5.56 Å². The molecule has 4 heterocycles. The fourth-order valence-corrected chi connectivity index (χ4v) is 3.51. The minimum Gasteiger partial charge on any atom is -0.347 e. The van der Waals surface area contributed by atoms with Gasteiger partial charge in [-0.25, -0.2) is 0 Å². The molecule has 4 saturated heterocycles. The zero-order valence-corrected chi connectivity index (χ0v) is 13.6. The first-order chi connectivity index (χ1) is 11.0. The molecule has 4 fully saturated rings.